The van der Waals surface area contributed by atoms with Gasteiger partial charge in [-0.25, -0.2) is 9.78 Å². The Morgan fingerprint density at radius 1 is 1.19 bits per heavy atom. The van der Waals surface area contributed by atoms with Gasteiger partial charge in [0, 0.05) is 32.6 Å². The van der Waals surface area contributed by atoms with E-state index >= 15 is 0 Å². The van der Waals surface area contributed by atoms with Crippen molar-refractivity contribution in [2.75, 3.05) is 0 Å². The molecule has 1 aliphatic carbocycles. The molecule has 1 aromatic carbocycles. The Bertz CT molecular complexity index is 1170. The summed E-state index contributed by atoms with van der Waals surface area (Å²) in [5, 5.41) is 22.0. The van der Waals surface area contributed by atoms with Crippen LogP contribution in [-0.4, -0.2) is 26.8 Å². The largest absolute Gasteiger partial charge is 0.507 e. The van der Waals surface area contributed by atoms with Crippen molar-refractivity contribution in [3.8, 4) is 16.9 Å². The molecule has 1 unspecified atom stereocenters. The van der Waals surface area contributed by atoms with E-state index in [1.165, 1.54) is 10.4 Å². The zero-order valence-electron chi connectivity index (χ0n) is 18.7. The minimum atomic E-state index is -1.19. The van der Waals surface area contributed by atoms with Gasteiger partial charge in [0.25, 0.3) is 0 Å². The van der Waals surface area contributed by atoms with Crippen molar-refractivity contribution in [2.24, 2.45) is 0 Å². The Labute approximate surface area is 186 Å². The highest BCUT2D eigenvalue weighted by molar-refractivity contribution is 7.19. The number of carbonyl (C=O) groups is 1. The minimum absolute atomic E-state index is 0.142. The number of nitrogens with zero attached hydrogens (tertiary/aromatic N) is 1. The Balaban J connectivity index is 2.12. The number of aromatic hydroxyl groups is 1. The Hall–Kier alpha value is -2.44. The molecule has 31 heavy (non-hydrogen) atoms. The Morgan fingerprint density at radius 2 is 1.90 bits per heavy atom. The number of aryl methyl sites for hydroxylation is 4. The van der Waals surface area contributed by atoms with Crippen LogP contribution in [-0.2, 0) is 22.4 Å². The van der Waals surface area contributed by atoms with Gasteiger partial charge in [-0.3, -0.25) is 0 Å². The number of phenolic OH excluding ortho intramolecular Hbond substituents is 1. The summed E-state index contributed by atoms with van der Waals surface area (Å²) in [6.45, 7) is 9.30. The van der Waals surface area contributed by atoms with Crippen LogP contribution in [0, 0.1) is 13.8 Å². The van der Waals surface area contributed by atoms with Crippen LogP contribution >= 0.6 is 11.3 Å². The molecule has 0 spiro atoms. The van der Waals surface area contributed by atoms with Crippen molar-refractivity contribution in [1.29, 1.82) is 0 Å². The fourth-order valence-corrected chi connectivity index (χ4v) is 5.77. The number of aromatic nitrogens is 1. The molecule has 1 aliphatic rings. The van der Waals surface area contributed by atoms with Gasteiger partial charge in [0.2, 0.25) is 0 Å². The number of fused-ring (bicyclic) bond motifs is 3. The molecule has 1 atom stereocenters. The molecule has 0 radical (unpaired) electrons. The van der Waals surface area contributed by atoms with Gasteiger partial charge in [0.05, 0.1) is 5.60 Å². The molecular formula is C25H29NO4S. The lowest BCUT2D eigenvalue weighted by atomic mass is 9.87. The normalized spacial score (nSPS) is 15.1. The third kappa shape index (κ3) is 4.06. The van der Waals surface area contributed by atoms with E-state index in [1.807, 2.05) is 46.8 Å². The van der Waals surface area contributed by atoms with E-state index < -0.39 is 17.7 Å². The molecule has 0 saturated carbocycles. The standard InChI is InChI=1S/C25H29NO4S/c1-13-10-11-15(17(27)12-13)20-19(22(24(28)29)30-25(3,4)5)14(2)26-23-21(20)16-8-6-7-9-18(16)31-23/h10-12,22,27H,6-9H2,1-5H3,(H,28,29). The van der Waals surface area contributed by atoms with Crippen molar-refractivity contribution >= 4 is 27.5 Å². The monoisotopic (exact) mass is 439 g/mol. The third-order valence-electron chi connectivity index (χ3n) is 5.71. The summed E-state index contributed by atoms with van der Waals surface area (Å²) >= 11 is 1.69. The maximum Gasteiger partial charge on any atom is 0.337 e. The third-order valence-corrected chi connectivity index (χ3v) is 6.90. The quantitative estimate of drug-likeness (QED) is 0.513. The predicted molar refractivity (Wildman–Crippen MR) is 124 cm³/mol. The van der Waals surface area contributed by atoms with Crippen LogP contribution in [0.5, 0.6) is 5.75 Å². The predicted octanol–water partition coefficient (Wildman–Crippen LogP) is 6.11. The van der Waals surface area contributed by atoms with E-state index in [-0.39, 0.29) is 5.75 Å². The topological polar surface area (TPSA) is 79.7 Å². The zero-order valence-corrected chi connectivity index (χ0v) is 19.5. The second-order valence-electron chi connectivity index (χ2n) is 9.35. The molecule has 4 rings (SSSR count). The lowest BCUT2D eigenvalue weighted by Gasteiger charge is -2.28. The van der Waals surface area contributed by atoms with Gasteiger partial charge in [-0.15, -0.1) is 11.3 Å². The van der Waals surface area contributed by atoms with Gasteiger partial charge >= 0.3 is 5.97 Å². The van der Waals surface area contributed by atoms with E-state index in [2.05, 4.69) is 0 Å². The number of rotatable bonds is 4. The average molecular weight is 440 g/mol. The average Bonchev–Trinajstić information content (AvgIpc) is 3.02. The van der Waals surface area contributed by atoms with Crippen molar-refractivity contribution in [3.63, 3.8) is 0 Å². The van der Waals surface area contributed by atoms with E-state index in [9.17, 15) is 15.0 Å². The molecule has 0 bridgehead atoms. The SMILES string of the molecule is Cc1ccc(-c2c(C(OC(C)(C)C)C(=O)O)c(C)nc3sc4c(c23)CCCC4)c(O)c1. The van der Waals surface area contributed by atoms with Gasteiger partial charge in [0.15, 0.2) is 6.10 Å². The first kappa shape index (κ1) is 21.8. The van der Waals surface area contributed by atoms with Crippen LogP contribution in [0.15, 0.2) is 18.2 Å². The molecule has 2 aromatic heterocycles. The number of carboxylic acid groups (broad SMARTS) is 1. The maximum absolute atomic E-state index is 12.4. The van der Waals surface area contributed by atoms with Crippen LogP contribution in [0.25, 0.3) is 21.3 Å². The zero-order chi connectivity index (χ0) is 22.5. The maximum atomic E-state index is 12.4. The smallest absolute Gasteiger partial charge is 0.337 e. The molecule has 164 valence electrons. The molecular weight excluding hydrogens is 410 g/mol. The molecule has 5 nitrogen and oxygen atoms in total. The summed E-state index contributed by atoms with van der Waals surface area (Å²) in [4.78, 5) is 19.5. The second-order valence-corrected chi connectivity index (χ2v) is 10.4. The molecule has 0 amide bonds. The first-order valence-corrected chi connectivity index (χ1v) is 11.5. The van der Waals surface area contributed by atoms with Gasteiger partial charge in [-0.1, -0.05) is 12.1 Å². The first-order chi connectivity index (χ1) is 14.6. The number of benzene rings is 1. The van der Waals surface area contributed by atoms with Crippen LogP contribution in [0.4, 0.5) is 0 Å². The fraction of sp³-hybridized carbons (Fsp3) is 0.440. The van der Waals surface area contributed by atoms with Gasteiger partial charge < -0.3 is 14.9 Å². The van der Waals surface area contributed by atoms with Gasteiger partial charge in [-0.05, 0) is 77.5 Å². The van der Waals surface area contributed by atoms with Gasteiger partial charge in [-0.2, -0.15) is 0 Å². The molecule has 6 heteroatoms. The highest BCUT2D eigenvalue weighted by Crippen LogP contribution is 2.47. The van der Waals surface area contributed by atoms with Crippen LogP contribution in [0.2, 0.25) is 0 Å². The fourth-order valence-electron chi connectivity index (χ4n) is 4.46. The van der Waals surface area contributed by atoms with Crippen molar-refractivity contribution < 1.29 is 19.7 Å². The van der Waals surface area contributed by atoms with Crippen molar-refractivity contribution in [3.05, 3.63) is 45.5 Å². The number of pyridine rings is 1. The summed E-state index contributed by atoms with van der Waals surface area (Å²) < 4.78 is 6.04. The first-order valence-electron chi connectivity index (χ1n) is 10.7. The summed E-state index contributed by atoms with van der Waals surface area (Å²) in [6, 6.07) is 5.55. The lowest BCUT2D eigenvalue weighted by molar-refractivity contribution is -0.160. The number of thiophene rings is 1. The molecule has 0 aliphatic heterocycles. The van der Waals surface area contributed by atoms with E-state index in [4.69, 9.17) is 9.72 Å². The summed E-state index contributed by atoms with van der Waals surface area (Å²) in [7, 11) is 0. The summed E-state index contributed by atoms with van der Waals surface area (Å²) in [5.41, 5.74) is 4.05. The van der Waals surface area contributed by atoms with E-state index in [0.717, 1.165) is 47.0 Å². The van der Waals surface area contributed by atoms with E-state index in [0.29, 0.717) is 16.8 Å². The minimum Gasteiger partial charge on any atom is -0.507 e. The molecule has 0 fully saturated rings. The highest BCUT2D eigenvalue weighted by atomic mass is 32.1. The number of phenols is 1. The second kappa shape index (κ2) is 7.92. The number of hydrogen-bond donors (Lipinski definition) is 2. The van der Waals surface area contributed by atoms with E-state index in [1.54, 1.807) is 17.4 Å². The number of aliphatic carboxylic acids is 1. The van der Waals surface area contributed by atoms with Crippen LogP contribution < -0.4 is 0 Å². The van der Waals surface area contributed by atoms with Gasteiger partial charge in [0.1, 0.15) is 10.6 Å². The molecule has 2 N–H and O–H groups in total. The lowest BCUT2D eigenvalue weighted by Crippen LogP contribution is -2.28. The van der Waals surface area contributed by atoms with Crippen molar-refractivity contribution in [1.82, 2.24) is 4.98 Å². The number of ether oxygens (including phenoxy) is 1. The highest BCUT2D eigenvalue weighted by Gasteiger charge is 2.34. The number of carboxylic acids is 1. The molecule has 0 saturated heterocycles. The Morgan fingerprint density at radius 3 is 2.55 bits per heavy atom. The van der Waals surface area contributed by atoms with Crippen LogP contribution in [0.1, 0.15) is 67.0 Å². The molecule has 2 heterocycles. The molecule has 3 aromatic rings. The van der Waals surface area contributed by atoms with Crippen LogP contribution in [0.3, 0.4) is 0 Å². The Kier molecular flexibility index (Phi) is 5.56. The number of hydrogen-bond acceptors (Lipinski definition) is 5. The van der Waals surface area contributed by atoms with Crippen molar-refractivity contribution in [2.45, 2.75) is 72.0 Å². The summed E-state index contributed by atoms with van der Waals surface area (Å²) in [6.07, 6.45) is 3.03. The summed E-state index contributed by atoms with van der Waals surface area (Å²) in [5.74, 6) is -0.917.